The number of hydrogen-bond acceptors (Lipinski definition) is 9. The zero-order valence-electron chi connectivity index (χ0n) is 23.5. The lowest BCUT2D eigenvalue weighted by Gasteiger charge is -2.50. The highest BCUT2D eigenvalue weighted by Gasteiger charge is 2.63. The number of amides is 1. The summed E-state index contributed by atoms with van der Waals surface area (Å²) in [4.78, 5) is 43.0. The van der Waals surface area contributed by atoms with Crippen molar-refractivity contribution in [1.29, 1.82) is 0 Å². The molecular formula is C29H38ClN3O7. The van der Waals surface area contributed by atoms with Gasteiger partial charge in [0, 0.05) is 23.1 Å². The number of aromatic hydroxyl groups is 1. The number of aliphatic hydroxyl groups is 3. The summed E-state index contributed by atoms with van der Waals surface area (Å²) >= 11 is 6.86. The number of aliphatic hydroxyl groups excluding tert-OH is 2. The number of halogens is 1. The monoisotopic (exact) mass is 575 g/mol. The van der Waals surface area contributed by atoms with Crippen molar-refractivity contribution in [1.82, 2.24) is 9.80 Å². The fourth-order valence-corrected chi connectivity index (χ4v) is 6.79. The van der Waals surface area contributed by atoms with Crippen LogP contribution in [-0.2, 0) is 22.6 Å². The molecule has 0 saturated carbocycles. The number of nitrogens with zero attached hydrogens (tertiary/aromatic N) is 2. The smallest absolute Gasteiger partial charge is 0.255 e. The van der Waals surface area contributed by atoms with E-state index in [4.69, 9.17) is 17.3 Å². The van der Waals surface area contributed by atoms with E-state index in [2.05, 4.69) is 18.7 Å². The summed E-state index contributed by atoms with van der Waals surface area (Å²) < 4.78 is 0. The number of phenolic OH excluding ortho intramolecular Hbond substituents is 1. The van der Waals surface area contributed by atoms with Gasteiger partial charge in [-0.3, -0.25) is 24.2 Å². The van der Waals surface area contributed by atoms with Gasteiger partial charge in [-0.1, -0.05) is 32.4 Å². The van der Waals surface area contributed by atoms with E-state index in [1.807, 2.05) is 6.92 Å². The number of hydrogen-bond donors (Lipinski definition) is 5. The Hall–Kier alpha value is -2.92. The Morgan fingerprint density at radius 2 is 1.88 bits per heavy atom. The van der Waals surface area contributed by atoms with Crippen molar-refractivity contribution in [3.8, 4) is 5.75 Å². The molecule has 4 rings (SSSR count). The molecule has 1 amide bonds. The van der Waals surface area contributed by atoms with Gasteiger partial charge in [0.2, 0.25) is 5.78 Å². The Morgan fingerprint density at radius 3 is 2.42 bits per heavy atom. The van der Waals surface area contributed by atoms with Crippen molar-refractivity contribution >= 4 is 29.1 Å². The van der Waals surface area contributed by atoms with E-state index in [0.29, 0.717) is 28.6 Å². The van der Waals surface area contributed by atoms with Crippen molar-refractivity contribution in [2.45, 2.75) is 58.2 Å². The number of ketones is 2. The SMILES string of the molecule is CCN(CCC(C)C)Cc1cc(O)c2c(c1Cl)C[C@H]1C[C@H]3[C@H](N(C)C)C(O)=C(C(N)=O)C(=O)[C@@]3(O)C(O)=C1C2=O. The fraction of sp³-hybridized carbons (Fsp3) is 0.552. The Labute approximate surface area is 238 Å². The fourth-order valence-electron chi connectivity index (χ4n) is 6.50. The molecule has 0 radical (unpaired) electrons. The Bertz CT molecular complexity index is 1340. The number of nitrogens with two attached hydrogens (primary N) is 1. The molecular weight excluding hydrogens is 538 g/mol. The van der Waals surface area contributed by atoms with Gasteiger partial charge in [0.05, 0.1) is 11.6 Å². The highest BCUT2D eigenvalue weighted by molar-refractivity contribution is 6.33. The van der Waals surface area contributed by atoms with E-state index in [1.54, 1.807) is 14.1 Å². The maximum atomic E-state index is 13.8. The zero-order valence-corrected chi connectivity index (χ0v) is 24.2. The maximum absolute atomic E-state index is 13.8. The molecule has 0 saturated heterocycles. The first kappa shape index (κ1) is 30.0. The van der Waals surface area contributed by atoms with Crippen LogP contribution >= 0.6 is 11.6 Å². The van der Waals surface area contributed by atoms with Gasteiger partial charge in [-0.2, -0.15) is 0 Å². The minimum Gasteiger partial charge on any atom is -0.510 e. The van der Waals surface area contributed by atoms with E-state index >= 15 is 0 Å². The normalized spacial score (nSPS) is 26.5. The highest BCUT2D eigenvalue weighted by atomic mass is 35.5. The van der Waals surface area contributed by atoms with E-state index < -0.39 is 58.0 Å². The average Bonchev–Trinajstić information content (AvgIpc) is 2.86. The number of Topliss-reactive ketones (excluding diaryl/α,β-unsaturated/α-hetero) is 2. The molecule has 0 fully saturated rings. The van der Waals surface area contributed by atoms with Crippen LogP contribution in [-0.4, -0.2) is 86.5 Å². The second kappa shape index (κ2) is 10.8. The summed E-state index contributed by atoms with van der Waals surface area (Å²) in [7, 11) is 3.18. The molecule has 0 unspecified atom stereocenters. The molecule has 3 aliphatic rings. The Balaban J connectivity index is 1.82. The predicted octanol–water partition coefficient (Wildman–Crippen LogP) is 2.64. The van der Waals surface area contributed by atoms with E-state index in [-0.39, 0.29) is 29.7 Å². The van der Waals surface area contributed by atoms with Gasteiger partial charge in [-0.05, 0) is 75.5 Å². The number of carbonyl (C=O) groups is 3. The minimum absolute atomic E-state index is 0.0164. The van der Waals surface area contributed by atoms with Crippen molar-refractivity contribution in [3.63, 3.8) is 0 Å². The number of carbonyl (C=O) groups excluding carboxylic acids is 3. The standard InChI is InChI=1S/C29H38ClN3O7/c1-6-33(8-7-13(2)3)12-15-11-18(34)20-16(22(15)30)9-14-10-17-23(32(4)5)25(36)21(28(31)39)27(38)29(17,40)26(37)19(14)24(20)35/h11,13-14,17,23,34,36-37,40H,6-10,12H2,1-5H3,(H2,31,39)/t14-,17-,23-,29-/m0/s1. The summed E-state index contributed by atoms with van der Waals surface area (Å²) in [6.07, 6.45) is 1.17. The van der Waals surface area contributed by atoms with Crippen LogP contribution in [0.4, 0.5) is 0 Å². The molecule has 218 valence electrons. The Kier molecular flexibility index (Phi) is 8.12. The molecule has 1 aromatic rings. The first-order valence-electron chi connectivity index (χ1n) is 13.6. The third-order valence-electron chi connectivity index (χ3n) is 8.59. The first-order valence-corrected chi connectivity index (χ1v) is 13.9. The molecule has 0 heterocycles. The van der Waals surface area contributed by atoms with Gasteiger partial charge in [0.15, 0.2) is 11.4 Å². The van der Waals surface area contributed by atoms with Gasteiger partial charge in [-0.25, -0.2) is 0 Å². The van der Waals surface area contributed by atoms with E-state index in [1.165, 1.54) is 11.0 Å². The third-order valence-corrected chi connectivity index (χ3v) is 9.07. The van der Waals surface area contributed by atoms with Crippen LogP contribution in [0.25, 0.3) is 0 Å². The van der Waals surface area contributed by atoms with Crippen LogP contribution in [0, 0.1) is 17.8 Å². The molecule has 0 bridgehead atoms. The summed E-state index contributed by atoms with van der Waals surface area (Å²) in [6, 6.07) is 0.412. The lowest BCUT2D eigenvalue weighted by molar-refractivity contribution is -0.148. The van der Waals surface area contributed by atoms with Crippen molar-refractivity contribution in [2.75, 3.05) is 27.2 Å². The van der Waals surface area contributed by atoms with Crippen LogP contribution in [0.2, 0.25) is 5.02 Å². The number of benzene rings is 1. The lowest BCUT2D eigenvalue weighted by atomic mass is 9.58. The number of likely N-dealkylation sites (N-methyl/N-ethyl adjacent to an activating group) is 1. The second-order valence-electron chi connectivity index (χ2n) is 11.7. The van der Waals surface area contributed by atoms with Gasteiger partial charge in [0.25, 0.3) is 5.91 Å². The van der Waals surface area contributed by atoms with E-state index in [0.717, 1.165) is 19.5 Å². The molecule has 0 spiro atoms. The molecule has 6 N–H and O–H groups in total. The summed E-state index contributed by atoms with van der Waals surface area (Å²) in [5.74, 6) is -6.29. The molecule has 11 heteroatoms. The van der Waals surface area contributed by atoms with Crippen LogP contribution in [0.1, 0.15) is 55.1 Å². The topological polar surface area (TPSA) is 165 Å². The number of phenols is 1. The van der Waals surface area contributed by atoms with Crippen molar-refractivity contribution in [2.24, 2.45) is 23.5 Å². The number of fused-ring (bicyclic) bond motifs is 3. The highest BCUT2D eigenvalue weighted by Crippen LogP contribution is 2.53. The number of allylic oxidation sites excluding steroid dienone is 1. The maximum Gasteiger partial charge on any atom is 0.255 e. The molecule has 1 aromatic carbocycles. The average molecular weight is 576 g/mol. The van der Waals surface area contributed by atoms with Crippen LogP contribution in [0.5, 0.6) is 5.75 Å². The zero-order chi connectivity index (χ0) is 29.8. The van der Waals surface area contributed by atoms with Gasteiger partial charge in [0.1, 0.15) is 22.8 Å². The van der Waals surface area contributed by atoms with Gasteiger partial charge < -0.3 is 26.2 Å². The summed E-state index contributed by atoms with van der Waals surface area (Å²) in [5, 5.41) is 45.3. The largest absolute Gasteiger partial charge is 0.510 e. The first-order chi connectivity index (χ1) is 18.7. The number of rotatable bonds is 8. The Morgan fingerprint density at radius 1 is 1.23 bits per heavy atom. The van der Waals surface area contributed by atoms with Crippen LogP contribution in [0.3, 0.4) is 0 Å². The number of primary amides is 1. The lowest BCUT2D eigenvalue weighted by Crippen LogP contribution is -2.63. The molecule has 10 nitrogen and oxygen atoms in total. The second-order valence-corrected chi connectivity index (χ2v) is 12.1. The summed E-state index contributed by atoms with van der Waals surface area (Å²) in [6.45, 7) is 8.42. The van der Waals surface area contributed by atoms with E-state index in [9.17, 15) is 34.8 Å². The van der Waals surface area contributed by atoms with Crippen molar-refractivity contribution < 1.29 is 34.8 Å². The molecule has 3 aliphatic carbocycles. The van der Waals surface area contributed by atoms with Gasteiger partial charge in [-0.15, -0.1) is 0 Å². The van der Waals surface area contributed by atoms with Crippen molar-refractivity contribution in [3.05, 3.63) is 50.4 Å². The minimum atomic E-state index is -2.66. The van der Waals surface area contributed by atoms with Crippen LogP contribution < -0.4 is 5.73 Å². The molecule has 40 heavy (non-hydrogen) atoms. The van der Waals surface area contributed by atoms with Gasteiger partial charge >= 0.3 is 0 Å². The molecule has 0 aliphatic heterocycles. The summed E-state index contributed by atoms with van der Waals surface area (Å²) in [5.41, 5.74) is 2.69. The molecule has 4 atom stereocenters. The molecule has 0 aromatic heterocycles. The quantitative estimate of drug-likeness (QED) is 0.293. The predicted molar refractivity (Wildman–Crippen MR) is 149 cm³/mol. The van der Waals surface area contributed by atoms with Crippen LogP contribution in [0.15, 0.2) is 28.7 Å². The third kappa shape index (κ3) is 4.60.